The van der Waals surface area contributed by atoms with Crippen LogP contribution in [0.1, 0.15) is 39.5 Å². The Labute approximate surface area is 151 Å². The number of nitrogens with one attached hydrogen (secondary N) is 3. The van der Waals surface area contributed by atoms with Gasteiger partial charge in [0.15, 0.2) is 11.3 Å². The van der Waals surface area contributed by atoms with Crippen molar-refractivity contribution in [3.05, 3.63) is 0 Å². The lowest BCUT2D eigenvalue weighted by Gasteiger charge is -2.17. The van der Waals surface area contributed by atoms with Crippen molar-refractivity contribution in [2.45, 2.75) is 56.9 Å². The fourth-order valence-corrected chi connectivity index (χ4v) is 2.22. The molecule has 0 saturated heterocycles. The number of carboxylic acids is 1. The Bertz CT molecular complexity index is 607. The summed E-state index contributed by atoms with van der Waals surface area (Å²) in [6.07, 6.45) is 0.965. The zero-order valence-electron chi connectivity index (χ0n) is 15.0. The van der Waals surface area contributed by atoms with Gasteiger partial charge in [-0.05, 0) is 20.4 Å². The van der Waals surface area contributed by atoms with Crippen LogP contribution in [0.4, 0.5) is 0 Å². The molecule has 0 aromatic carbocycles. The van der Waals surface area contributed by atoms with Crippen LogP contribution in [-0.2, 0) is 14.4 Å². The SMILES string of the molecule is CC1(CCNCCC(=O)N[C@@H](CC(=O)O)C(=O)NCCC2(C)N=N2)N=N1. The van der Waals surface area contributed by atoms with Crippen molar-refractivity contribution in [3.8, 4) is 0 Å². The predicted octanol–water partition coefficient (Wildman–Crippen LogP) is 0.186. The van der Waals surface area contributed by atoms with Crippen LogP contribution in [0.25, 0.3) is 0 Å². The van der Waals surface area contributed by atoms with Gasteiger partial charge >= 0.3 is 5.97 Å². The molecule has 0 fully saturated rings. The van der Waals surface area contributed by atoms with Crippen LogP contribution >= 0.6 is 0 Å². The average Bonchev–Trinajstić information content (AvgIpc) is 3.46. The molecule has 0 aliphatic carbocycles. The summed E-state index contributed by atoms with van der Waals surface area (Å²) in [5, 5.41) is 32.6. The molecule has 2 rings (SSSR count). The molecular weight excluding hydrogens is 342 g/mol. The quantitative estimate of drug-likeness (QED) is 0.342. The summed E-state index contributed by atoms with van der Waals surface area (Å²) >= 11 is 0. The predicted molar refractivity (Wildman–Crippen MR) is 90.4 cm³/mol. The van der Waals surface area contributed by atoms with Crippen LogP contribution in [0, 0.1) is 0 Å². The van der Waals surface area contributed by atoms with Crippen LogP contribution in [-0.4, -0.2) is 59.9 Å². The van der Waals surface area contributed by atoms with Gasteiger partial charge < -0.3 is 21.1 Å². The van der Waals surface area contributed by atoms with Crippen LogP contribution < -0.4 is 16.0 Å². The third-order valence-electron chi connectivity index (χ3n) is 4.12. The van der Waals surface area contributed by atoms with Crippen molar-refractivity contribution in [2.75, 3.05) is 19.6 Å². The number of hydrogen-bond acceptors (Lipinski definition) is 8. The highest BCUT2D eigenvalue weighted by Crippen LogP contribution is 2.30. The standard InChI is InChI=1S/C15H25N7O4/c1-14(19-20-14)4-7-16-6-3-11(23)18-10(9-12(24)25)13(26)17-8-5-15(2)21-22-15/h10,16H,3-9H2,1-2H3,(H,17,26)(H,18,23)(H,24,25)/t10-/m0/s1. The minimum Gasteiger partial charge on any atom is -0.481 e. The Morgan fingerprint density at radius 3 is 2.08 bits per heavy atom. The first-order valence-corrected chi connectivity index (χ1v) is 8.59. The number of amides is 2. The van der Waals surface area contributed by atoms with E-state index in [9.17, 15) is 14.4 Å². The van der Waals surface area contributed by atoms with E-state index in [2.05, 4.69) is 36.4 Å². The minimum atomic E-state index is -1.16. The molecule has 2 amide bonds. The number of nitrogens with zero attached hydrogens (tertiary/aromatic N) is 4. The van der Waals surface area contributed by atoms with E-state index in [0.717, 1.165) is 6.42 Å². The van der Waals surface area contributed by atoms with Gasteiger partial charge in [0.2, 0.25) is 11.8 Å². The van der Waals surface area contributed by atoms with E-state index in [-0.39, 0.29) is 18.0 Å². The lowest BCUT2D eigenvalue weighted by atomic mass is 10.1. The van der Waals surface area contributed by atoms with E-state index in [1.165, 1.54) is 0 Å². The molecule has 0 radical (unpaired) electrons. The Kier molecular flexibility index (Phi) is 6.35. The van der Waals surface area contributed by atoms with Crippen LogP contribution in [0.5, 0.6) is 0 Å². The van der Waals surface area contributed by atoms with Crippen LogP contribution in [0.3, 0.4) is 0 Å². The minimum absolute atomic E-state index is 0.143. The van der Waals surface area contributed by atoms with Crippen LogP contribution in [0.15, 0.2) is 20.5 Å². The Morgan fingerprint density at radius 1 is 0.962 bits per heavy atom. The van der Waals surface area contributed by atoms with E-state index in [0.29, 0.717) is 26.1 Å². The molecule has 11 nitrogen and oxygen atoms in total. The molecule has 0 spiro atoms. The van der Waals surface area contributed by atoms with E-state index >= 15 is 0 Å². The molecule has 2 aliphatic heterocycles. The molecule has 1 atom stereocenters. The van der Waals surface area contributed by atoms with Gasteiger partial charge in [-0.15, -0.1) is 0 Å². The smallest absolute Gasteiger partial charge is 0.305 e. The number of carbonyl (C=O) groups is 3. The molecule has 26 heavy (non-hydrogen) atoms. The van der Waals surface area contributed by atoms with Crippen molar-refractivity contribution in [2.24, 2.45) is 20.5 Å². The van der Waals surface area contributed by atoms with Crippen molar-refractivity contribution in [1.29, 1.82) is 0 Å². The van der Waals surface area contributed by atoms with Gasteiger partial charge in [0.25, 0.3) is 0 Å². The fraction of sp³-hybridized carbons (Fsp3) is 0.800. The highest BCUT2D eigenvalue weighted by Gasteiger charge is 2.34. The van der Waals surface area contributed by atoms with Gasteiger partial charge in [-0.3, -0.25) is 14.4 Å². The normalized spacial score (nSPS) is 18.8. The maximum Gasteiger partial charge on any atom is 0.305 e. The van der Waals surface area contributed by atoms with Crippen LogP contribution in [0.2, 0.25) is 0 Å². The van der Waals surface area contributed by atoms with Crippen molar-refractivity contribution >= 4 is 17.8 Å². The molecule has 4 N–H and O–H groups in total. The molecule has 2 heterocycles. The first-order valence-electron chi connectivity index (χ1n) is 8.59. The first kappa shape index (κ1) is 19.9. The fourth-order valence-electron chi connectivity index (χ4n) is 2.22. The summed E-state index contributed by atoms with van der Waals surface area (Å²) in [4.78, 5) is 35.0. The number of carboxylic acid groups (broad SMARTS) is 1. The molecule has 0 bridgehead atoms. The highest BCUT2D eigenvalue weighted by molar-refractivity contribution is 5.90. The third kappa shape index (κ3) is 7.21. The molecule has 2 aliphatic rings. The average molecular weight is 367 g/mol. The van der Waals surface area contributed by atoms with Gasteiger partial charge in [-0.25, -0.2) is 0 Å². The summed E-state index contributed by atoms with van der Waals surface area (Å²) in [5.74, 6) is -2.07. The number of carbonyl (C=O) groups excluding carboxylic acids is 2. The topological polar surface area (TPSA) is 157 Å². The van der Waals surface area contributed by atoms with Gasteiger partial charge in [0.1, 0.15) is 6.04 Å². The second-order valence-electron chi connectivity index (χ2n) is 6.84. The number of hydrogen-bond donors (Lipinski definition) is 4. The summed E-state index contributed by atoms with van der Waals surface area (Å²) in [7, 11) is 0. The Balaban J connectivity index is 1.64. The van der Waals surface area contributed by atoms with Gasteiger partial charge in [0.05, 0.1) is 6.42 Å². The molecule has 11 heteroatoms. The molecule has 0 aromatic rings. The third-order valence-corrected chi connectivity index (χ3v) is 4.12. The molecule has 0 unspecified atom stereocenters. The largest absolute Gasteiger partial charge is 0.481 e. The van der Waals surface area contributed by atoms with Crippen molar-refractivity contribution in [3.63, 3.8) is 0 Å². The highest BCUT2D eigenvalue weighted by atomic mass is 16.4. The van der Waals surface area contributed by atoms with Gasteiger partial charge in [-0.1, -0.05) is 0 Å². The molecular formula is C15H25N7O4. The molecule has 0 saturated carbocycles. The maximum absolute atomic E-state index is 12.1. The van der Waals surface area contributed by atoms with E-state index < -0.39 is 30.0 Å². The zero-order chi connectivity index (χ0) is 19.2. The van der Waals surface area contributed by atoms with E-state index in [1.807, 2.05) is 13.8 Å². The Morgan fingerprint density at radius 2 is 1.54 bits per heavy atom. The van der Waals surface area contributed by atoms with E-state index in [1.54, 1.807) is 0 Å². The lowest BCUT2D eigenvalue weighted by Crippen LogP contribution is -2.48. The Hall–Kier alpha value is -2.43. The maximum atomic E-state index is 12.1. The molecule has 144 valence electrons. The zero-order valence-corrected chi connectivity index (χ0v) is 15.0. The van der Waals surface area contributed by atoms with Crippen molar-refractivity contribution in [1.82, 2.24) is 16.0 Å². The second-order valence-corrected chi connectivity index (χ2v) is 6.84. The monoisotopic (exact) mass is 367 g/mol. The number of rotatable bonds is 13. The van der Waals surface area contributed by atoms with Gasteiger partial charge in [0, 0.05) is 32.4 Å². The van der Waals surface area contributed by atoms with E-state index in [4.69, 9.17) is 5.11 Å². The first-order chi connectivity index (χ1) is 12.2. The summed E-state index contributed by atoms with van der Waals surface area (Å²) in [5.41, 5.74) is -0.722. The summed E-state index contributed by atoms with van der Waals surface area (Å²) in [6, 6.07) is -1.11. The van der Waals surface area contributed by atoms with Crippen molar-refractivity contribution < 1.29 is 19.5 Å². The number of aliphatic carboxylic acids is 1. The summed E-state index contributed by atoms with van der Waals surface area (Å²) in [6.45, 7) is 5.15. The lowest BCUT2D eigenvalue weighted by molar-refractivity contribution is -0.140. The summed E-state index contributed by atoms with van der Waals surface area (Å²) < 4.78 is 0. The van der Waals surface area contributed by atoms with Gasteiger partial charge in [-0.2, -0.15) is 20.5 Å². The second kappa shape index (κ2) is 8.30. The molecule has 0 aromatic heterocycles.